The van der Waals surface area contributed by atoms with Crippen LogP contribution in [0.3, 0.4) is 0 Å². The van der Waals surface area contributed by atoms with Gasteiger partial charge in [0.2, 0.25) is 5.91 Å². The Morgan fingerprint density at radius 2 is 0.900 bits per heavy atom. The summed E-state index contributed by atoms with van der Waals surface area (Å²) >= 11 is 0. The lowest BCUT2D eigenvalue weighted by Crippen LogP contribution is -2.61. The molecule has 0 spiro atoms. The number of nitrogens with one attached hydrogen (secondary N) is 1. The van der Waals surface area contributed by atoms with Gasteiger partial charge in [0.1, 0.15) is 24.4 Å². The third kappa shape index (κ3) is 42.8. The van der Waals surface area contributed by atoms with Crippen LogP contribution in [0.1, 0.15) is 239 Å². The van der Waals surface area contributed by atoms with Gasteiger partial charge in [-0.2, -0.15) is 0 Å². The Labute approximate surface area is 487 Å². The molecule has 1 aliphatic heterocycles. The van der Waals surface area contributed by atoms with E-state index in [9.17, 15) is 35.1 Å². The molecule has 80 heavy (non-hydrogen) atoms. The fourth-order valence-corrected chi connectivity index (χ4v) is 9.14. The van der Waals surface area contributed by atoms with Gasteiger partial charge in [-0.15, -0.1) is 0 Å². The molecule has 0 aromatic rings. The first-order valence-corrected chi connectivity index (χ1v) is 31.8. The van der Waals surface area contributed by atoms with Crippen molar-refractivity contribution in [3.8, 4) is 0 Å². The molecule has 0 aromatic heterocycles. The first-order valence-electron chi connectivity index (χ1n) is 31.8. The molecule has 1 rings (SSSR count). The molecule has 0 saturated carbocycles. The number of hydrogen-bond acceptors (Lipinski definition) is 10. The van der Waals surface area contributed by atoms with Crippen molar-refractivity contribution in [1.82, 2.24) is 5.32 Å². The summed E-state index contributed by atoms with van der Waals surface area (Å²) in [7, 11) is 0. The molecule has 0 bridgehead atoms. The Balaban J connectivity index is 2.69. The van der Waals surface area contributed by atoms with Crippen molar-refractivity contribution in [3.63, 3.8) is 0 Å². The summed E-state index contributed by atoms with van der Waals surface area (Å²) in [5, 5.41) is 57.0. The number of hydrogen-bond donors (Lipinski definition) is 6. The van der Waals surface area contributed by atoms with E-state index in [1.165, 1.54) is 51.4 Å². The molecule has 11 heteroatoms. The van der Waals surface area contributed by atoms with Crippen LogP contribution in [0.2, 0.25) is 0 Å². The zero-order valence-electron chi connectivity index (χ0n) is 50.4. The largest absolute Gasteiger partial charge is 0.454 e. The lowest BCUT2D eigenvalue weighted by atomic mass is 9.99. The fourth-order valence-electron chi connectivity index (χ4n) is 9.14. The van der Waals surface area contributed by atoms with Gasteiger partial charge in [0, 0.05) is 6.42 Å². The highest BCUT2D eigenvalue weighted by atomic mass is 16.7. The highest BCUT2D eigenvalue weighted by Gasteiger charge is 2.47. The van der Waals surface area contributed by atoms with Crippen molar-refractivity contribution >= 4 is 11.9 Å². The van der Waals surface area contributed by atoms with Crippen LogP contribution < -0.4 is 5.32 Å². The van der Waals surface area contributed by atoms with E-state index in [0.29, 0.717) is 12.8 Å². The predicted octanol–water partition coefficient (Wildman–Crippen LogP) is 15.4. The van der Waals surface area contributed by atoms with Crippen LogP contribution in [-0.2, 0) is 23.8 Å². The maximum absolute atomic E-state index is 13.4. The number of aliphatic hydroxyl groups excluding tert-OH is 5. The van der Waals surface area contributed by atoms with Crippen LogP contribution in [0.15, 0.2) is 122 Å². The third-order valence-corrected chi connectivity index (χ3v) is 14.1. The molecule has 1 saturated heterocycles. The number of carbonyl (C=O) groups excluding carboxylic acids is 2. The SMILES string of the molecule is CC/C=C\C/C=C\C/C=C\C/C=C\C/C=C\C/C=C\CCCCCCCC(O)C(=O)NC(COC1OC(CO)C(O)C(O)C1OC(=O)CCCCCC/C=C/C/C=C/C/C=C/CC)C(O)/C=C/CCCCCCCCCCCCC. The Hall–Kier alpha value is -3.94. The fraction of sp³-hybridized carbons (Fsp3) is 0.681. The number of allylic oxidation sites excluding steroid dienone is 19. The van der Waals surface area contributed by atoms with Crippen LogP contribution >= 0.6 is 0 Å². The van der Waals surface area contributed by atoms with Gasteiger partial charge >= 0.3 is 5.97 Å². The summed E-state index contributed by atoms with van der Waals surface area (Å²) in [4.78, 5) is 26.6. The van der Waals surface area contributed by atoms with E-state index < -0.39 is 67.4 Å². The second-order valence-corrected chi connectivity index (χ2v) is 21.4. The summed E-state index contributed by atoms with van der Waals surface area (Å²) in [6.45, 7) is 5.53. The van der Waals surface area contributed by atoms with Crippen molar-refractivity contribution in [1.29, 1.82) is 0 Å². The smallest absolute Gasteiger partial charge is 0.306 e. The number of rotatable bonds is 52. The number of unbranched alkanes of at least 4 members (excludes halogenated alkanes) is 20. The molecule has 456 valence electrons. The summed E-state index contributed by atoms with van der Waals surface area (Å²) in [5.41, 5.74) is 0. The van der Waals surface area contributed by atoms with Crippen LogP contribution in [-0.4, -0.2) is 99.6 Å². The monoisotopic (exact) mass is 1120 g/mol. The number of carbonyl (C=O) groups is 2. The maximum atomic E-state index is 13.4. The van der Waals surface area contributed by atoms with E-state index in [2.05, 4.69) is 135 Å². The first-order chi connectivity index (χ1) is 39.2. The Bertz CT molecular complexity index is 1760. The van der Waals surface area contributed by atoms with Gasteiger partial charge in [0.15, 0.2) is 12.4 Å². The molecule has 0 aromatic carbocycles. The molecule has 0 aliphatic carbocycles. The van der Waals surface area contributed by atoms with Crippen molar-refractivity contribution in [2.24, 2.45) is 0 Å². The second kappa shape index (κ2) is 55.6. The molecule has 1 amide bonds. The van der Waals surface area contributed by atoms with Gasteiger partial charge in [-0.1, -0.05) is 245 Å². The van der Waals surface area contributed by atoms with Gasteiger partial charge < -0.3 is 45.1 Å². The molecule has 1 heterocycles. The Morgan fingerprint density at radius 1 is 0.500 bits per heavy atom. The summed E-state index contributed by atoms with van der Waals surface area (Å²) in [5.74, 6) is -1.24. The zero-order valence-corrected chi connectivity index (χ0v) is 50.4. The molecular weight excluding hydrogens is 1000 g/mol. The van der Waals surface area contributed by atoms with Crippen molar-refractivity contribution in [2.75, 3.05) is 13.2 Å². The van der Waals surface area contributed by atoms with Crippen molar-refractivity contribution < 1.29 is 49.3 Å². The Kier molecular flexibility index (Phi) is 51.5. The highest BCUT2D eigenvalue weighted by molar-refractivity contribution is 5.80. The molecule has 6 N–H and O–H groups in total. The first kappa shape index (κ1) is 74.1. The number of esters is 1. The molecule has 11 nitrogen and oxygen atoms in total. The Morgan fingerprint density at radius 3 is 1.35 bits per heavy atom. The molecular formula is C69H115NO10. The van der Waals surface area contributed by atoms with E-state index in [1.807, 2.05) is 6.08 Å². The van der Waals surface area contributed by atoms with E-state index in [4.69, 9.17) is 14.2 Å². The molecule has 8 atom stereocenters. The van der Waals surface area contributed by atoms with Crippen molar-refractivity contribution in [2.45, 2.75) is 288 Å². The van der Waals surface area contributed by atoms with Gasteiger partial charge in [-0.05, 0) is 109 Å². The molecule has 0 radical (unpaired) electrons. The maximum Gasteiger partial charge on any atom is 0.306 e. The number of amides is 1. The summed E-state index contributed by atoms with van der Waals surface area (Å²) in [6.07, 6.45) is 66.6. The lowest BCUT2D eigenvalue weighted by molar-refractivity contribution is -0.305. The average Bonchev–Trinajstić information content (AvgIpc) is 3.51. The van der Waals surface area contributed by atoms with Crippen molar-refractivity contribution in [3.05, 3.63) is 122 Å². The van der Waals surface area contributed by atoms with Gasteiger partial charge in [0.25, 0.3) is 0 Å². The number of aliphatic hydroxyl groups is 5. The van der Waals surface area contributed by atoms with E-state index in [-0.39, 0.29) is 19.4 Å². The van der Waals surface area contributed by atoms with Crippen LogP contribution in [0, 0.1) is 0 Å². The van der Waals surface area contributed by atoms with Crippen LogP contribution in [0.4, 0.5) is 0 Å². The third-order valence-electron chi connectivity index (χ3n) is 14.1. The number of ether oxygens (including phenoxy) is 3. The highest BCUT2D eigenvalue weighted by Crippen LogP contribution is 2.26. The topological polar surface area (TPSA) is 175 Å². The molecule has 8 unspecified atom stereocenters. The van der Waals surface area contributed by atoms with Crippen LogP contribution in [0.25, 0.3) is 0 Å². The van der Waals surface area contributed by atoms with Crippen LogP contribution in [0.5, 0.6) is 0 Å². The lowest BCUT2D eigenvalue weighted by Gasteiger charge is -2.41. The minimum Gasteiger partial charge on any atom is -0.454 e. The predicted molar refractivity (Wildman–Crippen MR) is 333 cm³/mol. The zero-order chi connectivity index (χ0) is 58.2. The van der Waals surface area contributed by atoms with E-state index >= 15 is 0 Å². The van der Waals surface area contributed by atoms with E-state index in [1.54, 1.807) is 6.08 Å². The molecule has 1 aliphatic rings. The minimum atomic E-state index is -1.63. The summed E-state index contributed by atoms with van der Waals surface area (Å²) in [6, 6.07) is -1.05. The second-order valence-electron chi connectivity index (χ2n) is 21.4. The normalized spacial score (nSPS) is 19.6. The minimum absolute atomic E-state index is 0.0894. The molecule has 1 fully saturated rings. The quantitative estimate of drug-likeness (QED) is 0.0195. The standard InChI is InChI=1S/C69H115NO10/c1-4-7-10-13-16-19-22-25-27-28-29-30-31-32-33-34-35-36-38-41-44-47-50-53-56-62(73)68(77)70-60(61(72)55-52-49-46-43-40-37-24-21-18-15-12-9-6-3)59-78-69-67(66(76)65(75)63(58-71)79-69)80-64(74)57-54-51-48-45-42-39-26-23-20-17-14-11-8-5-2/h7-8,10-11,16-17,19-20,25-27,29-30,32-33,35-36,39,52,55,60-63,65-67,69,71-73,75-76H,4-6,9,12-15,18,21-24,28,31,34,37-38,40-51,53-54,56-59H2,1-3H3,(H,70,77)/b10-7-,11-8+,19-16-,20-17+,27-25-,30-29-,33-32-,36-35-,39-26+,55-52+. The summed E-state index contributed by atoms with van der Waals surface area (Å²) < 4.78 is 17.6. The van der Waals surface area contributed by atoms with Gasteiger partial charge in [-0.25, -0.2) is 0 Å². The van der Waals surface area contributed by atoms with Gasteiger partial charge in [0.05, 0.1) is 25.4 Å². The average molecular weight is 1120 g/mol. The van der Waals surface area contributed by atoms with E-state index in [0.717, 1.165) is 141 Å². The van der Waals surface area contributed by atoms with Gasteiger partial charge in [-0.3, -0.25) is 9.59 Å².